The molecule has 162 valence electrons. The number of carbonyl (C=O) groups excluding carboxylic acids is 1. The molecule has 6 nitrogen and oxygen atoms in total. The number of benzene rings is 1. The number of piperazine rings is 1. The Hall–Kier alpha value is -1.93. The minimum atomic E-state index is 0.0371. The molecule has 1 aromatic carbocycles. The fraction of sp³-hybridized carbons (Fsp3) is 0.522. The summed E-state index contributed by atoms with van der Waals surface area (Å²) < 4.78 is 5.52. The van der Waals surface area contributed by atoms with Crippen molar-refractivity contribution in [1.29, 1.82) is 0 Å². The zero-order valence-electron chi connectivity index (χ0n) is 17.8. The number of rotatable bonds is 7. The molecular weight excluding hydrogens is 396 g/mol. The van der Waals surface area contributed by atoms with E-state index in [-0.39, 0.29) is 5.91 Å². The van der Waals surface area contributed by atoms with Crippen LogP contribution < -0.4 is 10.2 Å². The van der Waals surface area contributed by atoms with Gasteiger partial charge >= 0.3 is 0 Å². The number of nitrogens with one attached hydrogen (secondary N) is 1. The third kappa shape index (κ3) is 5.40. The molecule has 0 aliphatic carbocycles. The number of hydrogen-bond acceptors (Lipinski definition) is 6. The first-order valence-electron chi connectivity index (χ1n) is 10.9. The SMILES string of the molecule is CN1CCN(CCCNC(=O)c2cc(-c3ccccc3)c(N3CCOCC3)s2)CC1. The van der Waals surface area contributed by atoms with E-state index >= 15 is 0 Å². The van der Waals surface area contributed by atoms with Crippen molar-refractivity contribution in [1.82, 2.24) is 15.1 Å². The quantitative estimate of drug-likeness (QED) is 0.687. The van der Waals surface area contributed by atoms with E-state index in [2.05, 4.69) is 45.3 Å². The van der Waals surface area contributed by atoms with Crippen molar-refractivity contribution in [3.05, 3.63) is 41.3 Å². The molecule has 2 aliphatic heterocycles. The van der Waals surface area contributed by atoms with Gasteiger partial charge in [0.25, 0.3) is 5.91 Å². The zero-order chi connectivity index (χ0) is 20.8. The molecule has 0 spiro atoms. The van der Waals surface area contributed by atoms with Crippen LogP contribution in [0.4, 0.5) is 5.00 Å². The summed E-state index contributed by atoms with van der Waals surface area (Å²) in [4.78, 5) is 20.8. The number of likely N-dealkylation sites (N-methyl/N-ethyl adjacent to an activating group) is 1. The Morgan fingerprint density at radius 1 is 1.07 bits per heavy atom. The first-order chi connectivity index (χ1) is 14.7. The molecule has 2 fully saturated rings. The number of nitrogens with zero attached hydrogens (tertiary/aromatic N) is 3. The summed E-state index contributed by atoms with van der Waals surface area (Å²) in [6, 6.07) is 12.4. The van der Waals surface area contributed by atoms with Gasteiger partial charge in [-0.05, 0) is 31.6 Å². The van der Waals surface area contributed by atoms with Gasteiger partial charge in [-0.1, -0.05) is 30.3 Å². The van der Waals surface area contributed by atoms with Gasteiger partial charge in [-0.2, -0.15) is 0 Å². The maximum atomic E-state index is 12.9. The van der Waals surface area contributed by atoms with Gasteiger partial charge < -0.3 is 24.8 Å². The molecule has 1 aromatic heterocycles. The summed E-state index contributed by atoms with van der Waals surface area (Å²) in [6.07, 6.45) is 0.989. The number of morpholine rings is 1. The molecule has 0 atom stereocenters. The minimum absolute atomic E-state index is 0.0371. The van der Waals surface area contributed by atoms with Crippen LogP contribution in [0.15, 0.2) is 36.4 Å². The minimum Gasteiger partial charge on any atom is -0.378 e. The van der Waals surface area contributed by atoms with Crippen LogP contribution in [0.1, 0.15) is 16.1 Å². The highest BCUT2D eigenvalue weighted by molar-refractivity contribution is 7.18. The molecular formula is C23H32N4O2S. The van der Waals surface area contributed by atoms with Crippen molar-refractivity contribution in [3.63, 3.8) is 0 Å². The second-order valence-electron chi connectivity index (χ2n) is 8.05. The highest BCUT2D eigenvalue weighted by Gasteiger charge is 2.22. The summed E-state index contributed by atoms with van der Waals surface area (Å²) in [6.45, 7) is 9.49. The van der Waals surface area contributed by atoms with Crippen LogP contribution in [-0.2, 0) is 4.74 Å². The van der Waals surface area contributed by atoms with Gasteiger partial charge in [0.1, 0.15) is 0 Å². The molecule has 2 aromatic rings. The molecule has 7 heteroatoms. The monoisotopic (exact) mass is 428 g/mol. The lowest BCUT2D eigenvalue weighted by Gasteiger charge is -2.32. The van der Waals surface area contributed by atoms with Gasteiger partial charge in [0.2, 0.25) is 0 Å². The van der Waals surface area contributed by atoms with Gasteiger partial charge in [-0.3, -0.25) is 4.79 Å². The van der Waals surface area contributed by atoms with Crippen molar-refractivity contribution in [2.75, 3.05) is 77.5 Å². The average Bonchev–Trinajstić information content (AvgIpc) is 3.25. The van der Waals surface area contributed by atoms with Crippen LogP contribution in [-0.4, -0.2) is 88.3 Å². The summed E-state index contributed by atoms with van der Waals surface area (Å²) in [5, 5.41) is 4.31. The van der Waals surface area contributed by atoms with Crippen LogP contribution in [0.25, 0.3) is 11.1 Å². The highest BCUT2D eigenvalue weighted by Crippen LogP contribution is 2.39. The smallest absolute Gasteiger partial charge is 0.261 e. The van der Waals surface area contributed by atoms with E-state index < -0.39 is 0 Å². The van der Waals surface area contributed by atoms with Crippen LogP contribution in [0.2, 0.25) is 0 Å². The molecule has 0 saturated carbocycles. The van der Waals surface area contributed by atoms with Gasteiger partial charge in [-0.15, -0.1) is 11.3 Å². The molecule has 0 unspecified atom stereocenters. The van der Waals surface area contributed by atoms with Gasteiger partial charge in [-0.25, -0.2) is 0 Å². The predicted molar refractivity (Wildman–Crippen MR) is 124 cm³/mol. The molecule has 3 heterocycles. The average molecular weight is 429 g/mol. The Kier molecular flexibility index (Phi) is 7.38. The number of thiophene rings is 1. The number of anilines is 1. The second-order valence-corrected chi connectivity index (χ2v) is 9.08. The van der Waals surface area contributed by atoms with Crippen molar-refractivity contribution in [2.24, 2.45) is 0 Å². The van der Waals surface area contributed by atoms with Crippen molar-refractivity contribution in [3.8, 4) is 11.1 Å². The Morgan fingerprint density at radius 3 is 2.53 bits per heavy atom. The lowest BCUT2D eigenvalue weighted by molar-refractivity contribution is 0.0953. The van der Waals surface area contributed by atoms with Crippen LogP contribution in [0.3, 0.4) is 0 Å². The standard InChI is InChI=1S/C23H32N4O2S/c1-25-10-12-26(13-11-25)9-5-8-24-22(28)21-18-20(19-6-3-2-4-7-19)23(30-21)27-14-16-29-17-15-27/h2-4,6-7,18H,5,8-17H2,1H3,(H,24,28). The molecule has 2 saturated heterocycles. The summed E-state index contributed by atoms with van der Waals surface area (Å²) in [7, 11) is 2.17. The van der Waals surface area contributed by atoms with Crippen molar-refractivity contribution in [2.45, 2.75) is 6.42 Å². The van der Waals surface area contributed by atoms with Gasteiger partial charge in [0, 0.05) is 51.4 Å². The van der Waals surface area contributed by atoms with E-state index in [1.165, 1.54) is 5.00 Å². The topological polar surface area (TPSA) is 48.0 Å². The van der Waals surface area contributed by atoms with E-state index in [0.29, 0.717) is 0 Å². The summed E-state index contributed by atoms with van der Waals surface area (Å²) in [5.74, 6) is 0.0371. The number of hydrogen-bond donors (Lipinski definition) is 1. The van der Waals surface area contributed by atoms with Crippen LogP contribution in [0.5, 0.6) is 0 Å². The van der Waals surface area contributed by atoms with Crippen molar-refractivity contribution < 1.29 is 9.53 Å². The third-order valence-electron chi connectivity index (χ3n) is 5.85. The van der Waals surface area contributed by atoms with Crippen molar-refractivity contribution >= 4 is 22.2 Å². The lowest BCUT2D eigenvalue weighted by atomic mass is 10.1. The molecule has 0 radical (unpaired) electrons. The molecule has 30 heavy (non-hydrogen) atoms. The van der Waals surface area contributed by atoms with Gasteiger partial charge in [0.15, 0.2) is 0 Å². The molecule has 4 rings (SSSR count). The predicted octanol–water partition coefficient (Wildman–Crippen LogP) is 2.62. The van der Waals surface area contributed by atoms with E-state index in [9.17, 15) is 4.79 Å². The first kappa shape index (κ1) is 21.3. The fourth-order valence-electron chi connectivity index (χ4n) is 3.98. The van der Waals surface area contributed by atoms with E-state index in [1.54, 1.807) is 11.3 Å². The maximum absolute atomic E-state index is 12.9. The lowest BCUT2D eigenvalue weighted by Crippen LogP contribution is -2.45. The zero-order valence-corrected chi connectivity index (χ0v) is 18.6. The second kappa shape index (κ2) is 10.4. The van der Waals surface area contributed by atoms with Gasteiger partial charge in [0.05, 0.1) is 23.1 Å². The van der Waals surface area contributed by atoms with E-state index in [1.807, 2.05) is 18.2 Å². The molecule has 1 amide bonds. The molecule has 1 N–H and O–H groups in total. The normalized spacial score (nSPS) is 18.5. The highest BCUT2D eigenvalue weighted by atomic mass is 32.1. The Balaban J connectivity index is 1.38. The molecule has 2 aliphatic rings. The Bertz CT molecular complexity index is 812. The summed E-state index contributed by atoms with van der Waals surface area (Å²) in [5.41, 5.74) is 2.30. The number of carbonyl (C=O) groups is 1. The summed E-state index contributed by atoms with van der Waals surface area (Å²) >= 11 is 1.60. The van der Waals surface area contributed by atoms with Crippen LogP contribution in [0, 0.1) is 0 Å². The molecule has 0 bridgehead atoms. The maximum Gasteiger partial charge on any atom is 0.261 e. The largest absolute Gasteiger partial charge is 0.378 e. The number of ether oxygens (including phenoxy) is 1. The Labute approximate surface area is 183 Å². The fourth-order valence-corrected chi connectivity index (χ4v) is 5.13. The number of amides is 1. The van der Waals surface area contributed by atoms with E-state index in [0.717, 1.165) is 88.0 Å². The first-order valence-corrected chi connectivity index (χ1v) is 11.7. The Morgan fingerprint density at radius 2 is 1.80 bits per heavy atom. The third-order valence-corrected chi connectivity index (χ3v) is 7.05. The van der Waals surface area contributed by atoms with E-state index in [4.69, 9.17) is 4.74 Å². The van der Waals surface area contributed by atoms with Crippen LogP contribution >= 0.6 is 11.3 Å².